The molecule has 0 bridgehead atoms. The highest BCUT2D eigenvalue weighted by Gasteiger charge is 2.37. The summed E-state index contributed by atoms with van der Waals surface area (Å²) in [6.45, 7) is 0. The Balaban J connectivity index is 1.45. The number of amides is 2. The van der Waals surface area contributed by atoms with Gasteiger partial charge < -0.3 is 15.6 Å². The van der Waals surface area contributed by atoms with Gasteiger partial charge in [0.15, 0.2) is 0 Å². The number of aromatic nitrogens is 1. The number of nitriles is 1. The molecule has 2 amide bonds. The van der Waals surface area contributed by atoms with Gasteiger partial charge in [-0.05, 0) is 55.9 Å². The number of rotatable bonds is 5. The lowest BCUT2D eigenvalue weighted by Gasteiger charge is -2.31. The summed E-state index contributed by atoms with van der Waals surface area (Å²) in [7, 11) is 0. The van der Waals surface area contributed by atoms with E-state index in [0.29, 0.717) is 5.69 Å². The van der Waals surface area contributed by atoms with E-state index in [2.05, 4.69) is 37.6 Å². The van der Waals surface area contributed by atoms with Gasteiger partial charge in [-0.1, -0.05) is 28.8 Å². The van der Waals surface area contributed by atoms with Crippen molar-refractivity contribution in [2.75, 3.05) is 0 Å². The molecule has 0 spiro atoms. The number of hydrogen-bond donors (Lipinski definition) is 3. The van der Waals surface area contributed by atoms with Gasteiger partial charge in [-0.25, -0.2) is 0 Å². The van der Waals surface area contributed by atoms with Crippen molar-refractivity contribution >= 4 is 38.6 Å². The van der Waals surface area contributed by atoms with Crippen molar-refractivity contribution in [1.82, 2.24) is 15.6 Å². The first-order valence-corrected chi connectivity index (χ1v) is 10.6. The number of carbonyl (C=O) groups excluding carboxylic acids is 2. The van der Waals surface area contributed by atoms with Crippen LogP contribution in [0.3, 0.4) is 0 Å². The fourth-order valence-corrected chi connectivity index (χ4v) is 4.41. The van der Waals surface area contributed by atoms with E-state index in [1.165, 1.54) is 0 Å². The third-order valence-electron chi connectivity index (χ3n) is 5.78. The molecule has 2 fully saturated rings. The molecule has 0 aliphatic heterocycles. The van der Waals surface area contributed by atoms with E-state index in [1.54, 1.807) is 0 Å². The van der Waals surface area contributed by atoms with Gasteiger partial charge in [0.05, 0.1) is 12.0 Å². The molecule has 4 rings (SSSR count). The molecule has 1 aromatic carbocycles. The monoisotopic (exact) mass is 442 g/mol. The molecular formula is C21H23BrN4O2. The molecular weight excluding hydrogens is 420 g/mol. The Labute approximate surface area is 172 Å². The van der Waals surface area contributed by atoms with Crippen LogP contribution in [0.1, 0.15) is 49.0 Å². The van der Waals surface area contributed by atoms with E-state index in [4.69, 9.17) is 0 Å². The van der Waals surface area contributed by atoms with Crippen LogP contribution >= 0.6 is 15.9 Å². The van der Waals surface area contributed by atoms with Crippen LogP contribution in [0, 0.1) is 23.2 Å². The van der Waals surface area contributed by atoms with Crippen molar-refractivity contribution in [1.29, 1.82) is 5.26 Å². The predicted octanol–water partition coefficient (Wildman–Crippen LogP) is 3.64. The molecule has 0 saturated heterocycles. The summed E-state index contributed by atoms with van der Waals surface area (Å²) in [6, 6.07) is 9.22. The Morgan fingerprint density at radius 2 is 1.96 bits per heavy atom. The van der Waals surface area contributed by atoms with Gasteiger partial charge in [-0.15, -0.1) is 0 Å². The number of halogens is 1. The van der Waals surface area contributed by atoms with Crippen LogP contribution in [-0.2, 0) is 4.79 Å². The molecule has 3 atom stereocenters. The highest BCUT2D eigenvalue weighted by molar-refractivity contribution is 9.10. The zero-order valence-electron chi connectivity index (χ0n) is 15.5. The van der Waals surface area contributed by atoms with Crippen molar-refractivity contribution < 1.29 is 9.59 Å². The van der Waals surface area contributed by atoms with Gasteiger partial charge in [0.25, 0.3) is 5.91 Å². The van der Waals surface area contributed by atoms with E-state index >= 15 is 0 Å². The summed E-state index contributed by atoms with van der Waals surface area (Å²) in [4.78, 5) is 28.7. The third kappa shape index (κ3) is 4.07. The Bertz CT molecular complexity index is 944. The first-order chi connectivity index (χ1) is 13.5. The Morgan fingerprint density at radius 1 is 1.18 bits per heavy atom. The van der Waals surface area contributed by atoms with Crippen molar-refractivity contribution in [2.45, 2.75) is 50.6 Å². The molecule has 1 aromatic heterocycles. The van der Waals surface area contributed by atoms with Gasteiger partial charge in [0.2, 0.25) is 5.91 Å². The fourth-order valence-electron chi connectivity index (χ4n) is 4.03. The van der Waals surface area contributed by atoms with Crippen LogP contribution in [0.4, 0.5) is 0 Å². The van der Waals surface area contributed by atoms with Gasteiger partial charge in [0.1, 0.15) is 11.7 Å². The number of H-pyrrole nitrogens is 1. The number of nitrogens with zero attached hydrogens (tertiary/aromatic N) is 1. The van der Waals surface area contributed by atoms with E-state index in [9.17, 15) is 14.9 Å². The Hall–Kier alpha value is -2.33. The molecule has 1 heterocycles. The molecule has 3 N–H and O–H groups in total. The van der Waals surface area contributed by atoms with Crippen LogP contribution in [0.25, 0.3) is 10.9 Å². The van der Waals surface area contributed by atoms with Gasteiger partial charge in [-0.3, -0.25) is 9.59 Å². The Morgan fingerprint density at radius 3 is 2.71 bits per heavy atom. The van der Waals surface area contributed by atoms with Crippen LogP contribution in [0.15, 0.2) is 28.7 Å². The molecule has 7 heteroatoms. The summed E-state index contributed by atoms with van der Waals surface area (Å²) >= 11 is 3.44. The lowest BCUT2D eigenvalue weighted by atomic mass is 9.83. The second-order valence-electron chi connectivity index (χ2n) is 7.84. The number of fused-ring (bicyclic) bond motifs is 1. The van der Waals surface area contributed by atoms with Crippen LogP contribution in [-0.4, -0.2) is 28.9 Å². The molecule has 6 nitrogen and oxygen atoms in total. The maximum absolute atomic E-state index is 12.8. The largest absolute Gasteiger partial charge is 0.351 e. The van der Waals surface area contributed by atoms with Crippen molar-refractivity contribution in [3.05, 3.63) is 34.4 Å². The molecule has 2 aromatic rings. The second-order valence-corrected chi connectivity index (χ2v) is 8.75. The van der Waals surface area contributed by atoms with Gasteiger partial charge in [0, 0.05) is 21.4 Å². The average Bonchev–Trinajstić information content (AvgIpc) is 3.45. The van der Waals surface area contributed by atoms with Crippen LogP contribution in [0.2, 0.25) is 0 Å². The minimum Gasteiger partial charge on any atom is -0.351 e. The summed E-state index contributed by atoms with van der Waals surface area (Å²) < 4.78 is 0.956. The minimum absolute atomic E-state index is 0.107. The standard InChI is InChI=1S/C21H23BrN4O2/c22-14-7-8-16-13(9-14)10-18(24-16)21(28)25-17-4-2-1-3-15(17)20(27)26-19(11-23)12-5-6-12/h7-10,12,15,17,19,24H,1-6H2,(H,25,28)(H,26,27)/t15-,17+,19?/m1/s1. The second kappa shape index (κ2) is 7.96. The highest BCUT2D eigenvalue weighted by Crippen LogP contribution is 2.33. The molecule has 2 aliphatic carbocycles. The summed E-state index contributed by atoms with van der Waals surface area (Å²) in [6.07, 6.45) is 5.46. The van der Waals surface area contributed by atoms with E-state index in [-0.39, 0.29) is 29.7 Å². The fraction of sp³-hybridized carbons (Fsp3) is 0.476. The molecule has 1 unspecified atom stereocenters. The van der Waals surface area contributed by atoms with Gasteiger partial charge >= 0.3 is 0 Å². The van der Waals surface area contributed by atoms with Crippen molar-refractivity contribution in [3.63, 3.8) is 0 Å². The maximum atomic E-state index is 12.8. The van der Waals surface area contributed by atoms with Crippen molar-refractivity contribution in [3.8, 4) is 6.07 Å². The molecule has 0 radical (unpaired) electrons. The van der Waals surface area contributed by atoms with Gasteiger partial charge in [-0.2, -0.15) is 5.26 Å². The average molecular weight is 443 g/mol. The maximum Gasteiger partial charge on any atom is 0.267 e. The summed E-state index contributed by atoms with van der Waals surface area (Å²) in [5, 5.41) is 16.2. The zero-order valence-corrected chi connectivity index (χ0v) is 17.1. The smallest absolute Gasteiger partial charge is 0.267 e. The molecule has 2 aliphatic rings. The predicted molar refractivity (Wildman–Crippen MR) is 109 cm³/mol. The molecule has 2 saturated carbocycles. The SMILES string of the molecule is N#CC(NC(=O)[C@@H]1CCCC[C@@H]1NC(=O)c1cc2cc(Br)ccc2[nH]1)C1CC1. The quantitative estimate of drug-likeness (QED) is 0.658. The number of carbonyl (C=O) groups is 2. The van der Waals surface area contributed by atoms with Crippen molar-refractivity contribution in [2.24, 2.45) is 11.8 Å². The number of benzene rings is 1. The molecule has 28 heavy (non-hydrogen) atoms. The van der Waals surface area contributed by atoms with E-state index < -0.39 is 6.04 Å². The van der Waals surface area contributed by atoms with Crippen LogP contribution in [0.5, 0.6) is 0 Å². The Kier molecular flexibility index (Phi) is 5.40. The topological polar surface area (TPSA) is 97.8 Å². The number of hydrogen-bond acceptors (Lipinski definition) is 3. The minimum atomic E-state index is -0.405. The summed E-state index contributed by atoms with van der Waals surface area (Å²) in [5.41, 5.74) is 1.39. The number of nitrogens with one attached hydrogen (secondary N) is 3. The first kappa shape index (κ1) is 19.0. The van der Waals surface area contributed by atoms with E-state index in [1.807, 2.05) is 24.3 Å². The molecule has 146 valence electrons. The van der Waals surface area contributed by atoms with Crippen LogP contribution < -0.4 is 10.6 Å². The lowest BCUT2D eigenvalue weighted by molar-refractivity contribution is -0.127. The van der Waals surface area contributed by atoms with E-state index in [0.717, 1.165) is 53.9 Å². The number of aromatic amines is 1. The zero-order chi connectivity index (χ0) is 19.7. The summed E-state index contributed by atoms with van der Waals surface area (Å²) in [5.74, 6) is -0.304. The normalized spacial score (nSPS) is 23.0. The third-order valence-corrected chi connectivity index (χ3v) is 6.27. The highest BCUT2D eigenvalue weighted by atomic mass is 79.9. The first-order valence-electron chi connectivity index (χ1n) is 9.84. The lowest BCUT2D eigenvalue weighted by Crippen LogP contribution is -2.50.